The molecule has 0 radical (unpaired) electrons. The van der Waals surface area contributed by atoms with Crippen molar-refractivity contribution in [1.29, 1.82) is 0 Å². The number of carbonyl (C=O) groups is 4. The first-order valence-corrected chi connectivity index (χ1v) is 8.29. The third-order valence-corrected chi connectivity index (χ3v) is 4.14. The maximum absolute atomic E-state index is 12.7. The van der Waals surface area contributed by atoms with Gasteiger partial charge in [-0.2, -0.15) is 0 Å². The average Bonchev–Trinajstić information content (AvgIpc) is 3.05. The van der Waals surface area contributed by atoms with Gasteiger partial charge in [0, 0.05) is 6.54 Å². The van der Waals surface area contributed by atoms with E-state index in [1.54, 1.807) is 0 Å². The molecule has 1 rings (SSSR count). The molecule has 5 atom stereocenters. The summed E-state index contributed by atoms with van der Waals surface area (Å²) in [5.74, 6) is -3.42. The highest BCUT2D eigenvalue weighted by atomic mass is 16.4. The maximum Gasteiger partial charge on any atom is 0.328 e. The van der Waals surface area contributed by atoms with Crippen molar-refractivity contribution in [3.8, 4) is 0 Å². The molecule has 11 nitrogen and oxygen atoms in total. The minimum atomic E-state index is -1.51. The van der Waals surface area contributed by atoms with Crippen LogP contribution in [0.1, 0.15) is 26.7 Å². The van der Waals surface area contributed by atoms with Crippen LogP contribution in [-0.2, 0) is 19.2 Å². The number of rotatable bonds is 8. The summed E-state index contributed by atoms with van der Waals surface area (Å²) >= 11 is 0. The summed E-state index contributed by atoms with van der Waals surface area (Å²) in [4.78, 5) is 48.8. The largest absolute Gasteiger partial charge is 0.480 e. The highest BCUT2D eigenvalue weighted by Crippen LogP contribution is 2.19. The zero-order valence-corrected chi connectivity index (χ0v) is 14.7. The minimum absolute atomic E-state index is 0.213. The SMILES string of the molecule is CC(O)C(NC(=O)C1CCCN1C(=O)C(NC(=O)CN)C(C)O)C(=O)O. The van der Waals surface area contributed by atoms with Crippen molar-refractivity contribution in [2.24, 2.45) is 5.73 Å². The van der Waals surface area contributed by atoms with Gasteiger partial charge in [0.15, 0.2) is 6.04 Å². The van der Waals surface area contributed by atoms with Gasteiger partial charge in [0.25, 0.3) is 0 Å². The second-order valence-corrected chi connectivity index (χ2v) is 6.24. The zero-order chi connectivity index (χ0) is 20.0. The Morgan fingerprint density at radius 1 is 1.12 bits per heavy atom. The molecule has 1 saturated heterocycles. The maximum atomic E-state index is 12.7. The second-order valence-electron chi connectivity index (χ2n) is 6.24. The van der Waals surface area contributed by atoms with Crippen LogP contribution in [0.5, 0.6) is 0 Å². The molecule has 7 N–H and O–H groups in total. The number of carboxylic acids is 1. The van der Waals surface area contributed by atoms with Gasteiger partial charge in [0.1, 0.15) is 12.1 Å². The van der Waals surface area contributed by atoms with E-state index in [9.17, 15) is 29.4 Å². The van der Waals surface area contributed by atoms with E-state index in [2.05, 4.69) is 10.6 Å². The van der Waals surface area contributed by atoms with Gasteiger partial charge in [-0.25, -0.2) is 4.79 Å². The van der Waals surface area contributed by atoms with E-state index < -0.39 is 54.0 Å². The summed E-state index contributed by atoms with van der Waals surface area (Å²) in [5, 5.41) is 32.8. The van der Waals surface area contributed by atoms with Gasteiger partial charge in [-0.1, -0.05) is 0 Å². The van der Waals surface area contributed by atoms with E-state index in [-0.39, 0.29) is 13.1 Å². The summed E-state index contributed by atoms with van der Waals surface area (Å²) in [6.07, 6.45) is -1.75. The predicted octanol–water partition coefficient (Wildman–Crippen LogP) is -3.25. The van der Waals surface area contributed by atoms with E-state index in [0.29, 0.717) is 12.8 Å². The molecule has 0 spiro atoms. The lowest BCUT2D eigenvalue weighted by atomic mass is 10.1. The van der Waals surface area contributed by atoms with Gasteiger partial charge < -0.3 is 36.6 Å². The Morgan fingerprint density at radius 2 is 1.69 bits per heavy atom. The first kappa shape index (κ1) is 21.8. The summed E-state index contributed by atoms with van der Waals surface area (Å²) in [6, 6.07) is -3.74. The number of aliphatic hydroxyl groups excluding tert-OH is 2. The van der Waals surface area contributed by atoms with Crippen molar-refractivity contribution in [2.75, 3.05) is 13.1 Å². The Labute approximate surface area is 150 Å². The van der Waals surface area contributed by atoms with E-state index >= 15 is 0 Å². The monoisotopic (exact) mass is 374 g/mol. The molecule has 11 heteroatoms. The molecule has 0 aromatic rings. The van der Waals surface area contributed by atoms with Crippen LogP contribution in [0.2, 0.25) is 0 Å². The molecule has 1 heterocycles. The number of carbonyl (C=O) groups excluding carboxylic acids is 3. The standard InChI is InChI=1S/C15H26N4O7/c1-7(20)11(17-10(22)6-16)14(24)19-5-3-4-9(19)13(23)18-12(8(2)21)15(25)26/h7-9,11-12,20-21H,3-6,16H2,1-2H3,(H,17,22)(H,18,23)(H,25,26). The number of nitrogens with one attached hydrogen (secondary N) is 2. The summed E-state index contributed by atoms with van der Waals surface area (Å²) in [6.45, 7) is 2.39. The zero-order valence-electron chi connectivity index (χ0n) is 14.7. The van der Waals surface area contributed by atoms with Crippen LogP contribution < -0.4 is 16.4 Å². The predicted molar refractivity (Wildman–Crippen MR) is 88.6 cm³/mol. The van der Waals surface area contributed by atoms with Gasteiger partial charge >= 0.3 is 5.97 Å². The van der Waals surface area contributed by atoms with Gasteiger partial charge in [-0.15, -0.1) is 0 Å². The third-order valence-electron chi connectivity index (χ3n) is 4.14. The molecule has 1 fully saturated rings. The van der Waals surface area contributed by atoms with Crippen LogP contribution in [0.4, 0.5) is 0 Å². The fraction of sp³-hybridized carbons (Fsp3) is 0.733. The van der Waals surface area contributed by atoms with Gasteiger partial charge in [-0.05, 0) is 26.7 Å². The second kappa shape index (κ2) is 9.46. The van der Waals surface area contributed by atoms with Crippen molar-refractivity contribution < 1.29 is 34.5 Å². The van der Waals surface area contributed by atoms with Crippen molar-refractivity contribution in [2.45, 2.75) is 57.0 Å². The lowest BCUT2D eigenvalue weighted by molar-refractivity contribution is -0.147. The number of likely N-dealkylation sites (tertiary alicyclic amines) is 1. The fourth-order valence-electron chi connectivity index (χ4n) is 2.74. The molecular weight excluding hydrogens is 348 g/mol. The molecule has 0 saturated carbocycles. The number of hydrogen-bond acceptors (Lipinski definition) is 7. The van der Waals surface area contributed by atoms with Crippen molar-refractivity contribution in [3.63, 3.8) is 0 Å². The average molecular weight is 374 g/mol. The van der Waals surface area contributed by atoms with Gasteiger partial charge in [0.2, 0.25) is 17.7 Å². The molecule has 0 bridgehead atoms. The molecule has 1 aliphatic heterocycles. The van der Waals surface area contributed by atoms with Gasteiger partial charge in [-0.3, -0.25) is 14.4 Å². The molecule has 148 valence electrons. The normalized spacial score (nSPS) is 21.4. The van der Waals surface area contributed by atoms with E-state index in [1.807, 2.05) is 0 Å². The number of nitrogens with zero attached hydrogens (tertiary/aromatic N) is 1. The Kier molecular flexibility index (Phi) is 7.93. The van der Waals surface area contributed by atoms with Crippen LogP contribution in [-0.4, -0.2) is 87.3 Å². The van der Waals surface area contributed by atoms with Crippen LogP contribution in [0.15, 0.2) is 0 Å². The molecule has 0 aromatic heterocycles. The molecular formula is C15H26N4O7. The van der Waals surface area contributed by atoms with Crippen LogP contribution in [0.25, 0.3) is 0 Å². The van der Waals surface area contributed by atoms with Gasteiger partial charge in [0.05, 0.1) is 18.8 Å². The lowest BCUT2D eigenvalue weighted by Gasteiger charge is -2.30. The van der Waals surface area contributed by atoms with Crippen molar-refractivity contribution >= 4 is 23.7 Å². The number of hydrogen-bond donors (Lipinski definition) is 6. The van der Waals surface area contributed by atoms with E-state index in [1.165, 1.54) is 18.7 Å². The van der Waals surface area contributed by atoms with E-state index in [0.717, 1.165) is 0 Å². The number of aliphatic carboxylic acids is 1. The van der Waals surface area contributed by atoms with Crippen molar-refractivity contribution in [3.05, 3.63) is 0 Å². The Balaban J connectivity index is 2.90. The molecule has 5 unspecified atom stereocenters. The molecule has 26 heavy (non-hydrogen) atoms. The first-order valence-electron chi connectivity index (χ1n) is 8.29. The molecule has 1 aliphatic rings. The number of amides is 3. The van der Waals surface area contributed by atoms with Crippen LogP contribution >= 0.6 is 0 Å². The van der Waals surface area contributed by atoms with Crippen LogP contribution in [0.3, 0.4) is 0 Å². The molecule has 0 aromatic carbocycles. The Hall–Kier alpha value is -2.24. The molecule has 3 amide bonds. The number of nitrogens with two attached hydrogens (primary N) is 1. The Bertz CT molecular complexity index is 552. The quantitative estimate of drug-likeness (QED) is 0.256. The first-order chi connectivity index (χ1) is 12.1. The smallest absolute Gasteiger partial charge is 0.328 e. The molecule has 0 aliphatic carbocycles. The van der Waals surface area contributed by atoms with E-state index in [4.69, 9.17) is 10.8 Å². The number of aliphatic hydroxyl groups is 2. The summed E-state index contributed by atoms with van der Waals surface area (Å²) in [7, 11) is 0. The highest BCUT2D eigenvalue weighted by molar-refractivity contribution is 5.94. The summed E-state index contributed by atoms with van der Waals surface area (Å²) in [5.41, 5.74) is 5.20. The highest BCUT2D eigenvalue weighted by Gasteiger charge is 2.40. The van der Waals surface area contributed by atoms with Crippen molar-refractivity contribution in [1.82, 2.24) is 15.5 Å². The number of carboxylic acid groups (broad SMARTS) is 1. The minimum Gasteiger partial charge on any atom is -0.480 e. The summed E-state index contributed by atoms with van der Waals surface area (Å²) < 4.78 is 0. The fourth-order valence-corrected chi connectivity index (χ4v) is 2.74. The lowest BCUT2D eigenvalue weighted by Crippen LogP contribution is -2.59. The van der Waals surface area contributed by atoms with Crippen LogP contribution in [0, 0.1) is 0 Å². The Morgan fingerprint density at radius 3 is 2.15 bits per heavy atom. The third kappa shape index (κ3) is 5.38. The topological polar surface area (TPSA) is 182 Å².